The van der Waals surface area contributed by atoms with Crippen LogP contribution >= 0.6 is 0 Å². The number of fused-ring (bicyclic) bond motifs is 1. The summed E-state index contributed by atoms with van der Waals surface area (Å²) in [7, 11) is 0. The molecule has 3 aliphatic heterocycles. The second-order valence-electron chi connectivity index (χ2n) is 9.99. The lowest BCUT2D eigenvalue weighted by molar-refractivity contribution is -0.144. The zero-order valence-electron chi connectivity index (χ0n) is 21.3. The topological polar surface area (TPSA) is 109 Å². The number of hydrogen-bond acceptors (Lipinski definition) is 7. The van der Waals surface area contributed by atoms with E-state index < -0.39 is 11.9 Å². The van der Waals surface area contributed by atoms with Crippen molar-refractivity contribution >= 4 is 11.9 Å². The van der Waals surface area contributed by atoms with Crippen LogP contribution in [0.15, 0.2) is 18.2 Å². The van der Waals surface area contributed by atoms with E-state index in [1.807, 2.05) is 17.0 Å². The van der Waals surface area contributed by atoms with E-state index in [4.69, 9.17) is 14.2 Å². The van der Waals surface area contributed by atoms with Crippen molar-refractivity contribution in [1.82, 2.24) is 9.80 Å². The fraction of sp³-hybridized carbons (Fsp3) is 0.704. The summed E-state index contributed by atoms with van der Waals surface area (Å²) in [4.78, 5) is 29.9. The Hall–Kier alpha value is -2.20. The zero-order valence-corrected chi connectivity index (χ0v) is 21.3. The first-order valence-electron chi connectivity index (χ1n) is 13.4. The Morgan fingerprint density at radius 3 is 2.61 bits per heavy atom. The number of amides is 1. The number of aliphatic hydroxyl groups is 1. The number of carbonyl (C=O) groups excluding carboxylic acids is 1. The van der Waals surface area contributed by atoms with Gasteiger partial charge >= 0.3 is 5.97 Å². The van der Waals surface area contributed by atoms with Crippen LogP contribution in [0.2, 0.25) is 0 Å². The summed E-state index contributed by atoms with van der Waals surface area (Å²) in [6.07, 6.45) is 4.08. The zero-order chi connectivity index (χ0) is 25.5. The predicted octanol–water partition coefficient (Wildman–Crippen LogP) is 2.25. The third-order valence-electron chi connectivity index (χ3n) is 7.62. The first kappa shape index (κ1) is 26.9. The molecule has 2 saturated heterocycles. The van der Waals surface area contributed by atoms with Crippen LogP contribution in [-0.2, 0) is 25.5 Å². The van der Waals surface area contributed by atoms with Gasteiger partial charge in [-0.15, -0.1) is 0 Å². The lowest BCUT2D eigenvalue weighted by atomic mass is 9.83. The minimum Gasteiger partial charge on any atom is -0.493 e. The maximum Gasteiger partial charge on any atom is 0.308 e. The minimum atomic E-state index is -0.840. The van der Waals surface area contributed by atoms with Gasteiger partial charge < -0.3 is 29.3 Å². The molecule has 0 aromatic heterocycles. The number of benzene rings is 1. The molecule has 2 N–H and O–H groups in total. The molecule has 1 aromatic rings. The molecular formula is C27H40N2O7. The lowest BCUT2D eigenvalue weighted by Crippen LogP contribution is -2.45. The smallest absolute Gasteiger partial charge is 0.308 e. The highest BCUT2D eigenvalue weighted by molar-refractivity contribution is 5.79. The average Bonchev–Trinajstić information content (AvgIpc) is 3.62. The summed E-state index contributed by atoms with van der Waals surface area (Å²) in [5.41, 5.74) is 2.10. The fourth-order valence-corrected chi connectivity index (χ4v) is 5.75. The van der Waals surface area contributed by atoms with Gasteiger partial charge in [0.15, 0.2) is 6.29 Å². The monoisotopic (exact) mass is 504 g/mol. The molecule has 1 aromatic carbocycles. The van der Waals surface area contributed by atoms with E-state index in [0.29, 0.717) is 58.7 Å². The fourth-order valence-electron chi connectivity index (χ4n) is 5.75. The Balaban J connectivity index is 1.55. The SMILES string of the molecule is CCCCN(CCCO)C(=O)CN1C[C@H](c2ccc3c(c2)CCO3)[C@@H](C(=O)O)[C@@H]1CCC1OCCO1. The highest BCUT2D eigenvalue weighted by Gasteiger charge is 2.47. The number of carbonyl (C=O) groups is 2. The first-order chi connectivity index (χ1) is 17.5. The molecule has 36 heavy (non-hydrogen) atoms. The van der Waals surface area contributed by atoms with Gasteiger partial charge in [-0.05, 0) is 42.9 Å². The van der Waals surface area contributed by atoms with Crippen molar-refractivity contribution in [3.8, 4) is 5.75 Å². The summed E-state index contributed by atoms with van der Waals surface area (Å²) >= 11 is 0. The van der Waals surface area contributed by atoms with Crippen LogP contribution in [0.25, 0.3) is 0 Å². The number of nitrogens with zero attached hydrogens (tertiary/aromatic N) is 2. The highest BCUT2D eigenvalue weighted by Crippen LogP contribution is 2.41. The molecule has 3 heterocycles. The largest absolute Gasteiger partial charge is 0.493 e. The van der Waals surface area contributed by atoms with Crippen LogP contribution in [0.4, 0.5) is 0 Å². The quantitative estimate of drug-likeness (QED) is 0.421. The van der Waals surface area contributed by atoms with Gasteiger partial charge in [-0.2, -0.15) is 0 Å². The molecule has 200 valence electrons. The van der Waals surface area contributed by atoms with E-state index in [1.165, 1.54) is 0 Å². The Morgan fingerprint density at radius 1 is 1.11 bits per heavy atom. The molecular weight excluding hydrogens is 464 g/mol. The van der Waals surface area contributed by atoms with Crippen LogP contribution in [-0.4, -0.2) is 96.8 Å². The molecule has 0 saturated carbocycles. The molecule has 3 aliphatic rings. The first-order valence-corrected chi connectivity index (χ1v) is 13.4. The Morgan fingerprint density at radius 2 is 1.89 bits per heavy atom. The van der Waals surface area contributed by atoms with Crippen molar-refractivity contribution in [3.05, 3.63) is 29.3 Å². The molecule has 0 aliphatic carbocycles. The number of ether oxygens (including phenoxy) is 3. The Bertz CT molecular complexity index is 881. The molecule has 1 amide bonds. The summed E-state index contributed by atoms with van der Waals surface area (Å²) in [6, 6.07) is 5.70. The van der Waals surface area contributed by atoms with Gasteiger partial charge in [-0.1, -0.05) is 25.5 Å². The number of carboxylic acids is 1. The number of rotatable bonds is 13. The van der Waals surface area contributed by atoms with E-state index >= 15 is 0 Å². The van der Waals surface area contributed by atoms with Gasteiger partial charge in [0.05, 0.1) is 32.3 Å². The average molecular weight is 505 g/mol. The predicted molar refractivity (Wildman–Crippen MR) is 133 cm³/mol. The van der Waals surface area contributed by atoms with Crippen LogP contribution in [0.1, 0.15) is 56.1 Å². The van der Waals surface area contributed by atoms with E-state index in [0.717, 1.165) is 36.1 Å². The number of hydrogen-bond donors (Lipinski definition) is 2. The standard InChI is InChI=1S/C27H40N2O7/c1-2-3-10-28(11-4-12-30)24(31)18-29-17-21(19-5-7-23-20(16-19)9-13-34-23)26(27(32)33)22(29)6-8-25-35-14-15-36-25/h5,7,16,21-22,25-26,30H,2-4,6,8-15,17-18H2,1H3,(H,32,33)/t21-,22+,26-/m1/s1. The molecule has 3 atom stereocenters. The van der Waals surface area contributed by atoms with Crippen LogP contribution in [0.5, 0.6) is 5.75 Å². The maximum atomic E-state index is 13.4. The minimum absolute atomic E-state index is 0.0117. The molecule has 0 radical (unpaired) electrons. The van der Waals surface area contributed by atoms with Gasteiger partial charge in [-0.25, -0.2) is 0 Å². The molecule has 9 heteroatoms. The summed E-state index contributed by atoms with van der Waals surface area (Å²) in [6.45, 7) is 5.70. The van der Waals surface area contributed by atoms with Crippen molar-refractivity contribution in [2.75, 3.05) is 52.6 Å². The number of carboxylic acid groups (broad SMARTS) is 1. The molecule has 4 rings (SSSR count). The van der Waals surface area contributed by atoms with Gasteiger partial charge in [-0.3, -0.25) is 14.5 Å². The van der Waals surface area contributed by atoms with Crippen molar-refractivity contribution in [2.24, 2.45) is 5.92 Å². The van der Waals surface area contributed by atoms with Crippen LogP contribution in [0, 0.1) is 5.92 Å². The van der Waals surface area contributed by atoms with Gasteiger partial charge in [0.1, 0.15) is 5.75 Å². The van der Waals surface area contributed by atoms with Gasteiger partial charge in [0, 0.05) is 44.6 Å². The molecule has 0 spiro atoms. The van der Waals surface area contributed by atoms with Crippen LogP contribution in [0.3, 0.4) is 0 Å². The molecule has 0 unspecified atom stereocenters. The van der Waals surface area contributed by atoms with Crippen molar-refractivity contribution in [2.45, 2.75) is 63.7 Å². The number of aliphatic carboxylic acids is 1. The van der Waals surface area contributed by atoms with Gasteiger partial charge in [0.2, 0.25) is 5.91 Å². The lowest BCUT2D eigenvalue weighted by Gasteiger charge is -2.30. The Labute approximate surface area is 213 Å². The summed E-state index contributed by atoms with van der Waals surface area (Å²) in [5, 5.41) is 19.7. The van der Waals surface area contributed by atoms with E-state index in [9.17, 15) is 19.8 Å². The molecule has 2 fully saturated rings. The van der Waals surface area contributed by atoms with E-state index in [2.05, 4.69) is 17.9 Å². The van der Waals surface area contributed by atoms with Crippen molar-refractivity contribution < 1.29 is 34.0 Å². The van der Waals surface area contributed by atoms with E-state index in [-0.39, 0.29) is 37.3 Å². The molecule has 9 nitrogen and oxygen atoms in total. The normalized spacial score (nSPS) is 24.1. The third kappa shape index (κ3) is 6.37. The maximum absolute atomic E-state index is 13.4. The van der Waals surface area contributed by atoms with E-state index in [1.54, 1.807) is 0 Å². The second kappa shape index (κ2) is 12.9. The van der Waals surface area contributed by atoms with Gasteiger partial charge in [0.25, 0.3) is 0 Å². The molecule has 0 bridgehead atoms. The van der Waals surface area contributed by atoms with Crippen molar-refractivity contribution in [1.29, 1.82) is 0 Å². The number of likely N-dealkylation sites (tertiary alicyclic amines) is 1. The summed E-state index contributed by atoms with van der Waals surface area (Å²) in [5.74, 6) is -0.840. The highest BCUT2D eigenvalue weighted by atomic mass is 16.7. The summed E-state index contributed by atoms with van der Waals surface area (Å²) < 4.78 is 16.9. The Kier molecular flexibility index (Phi) is 9.59. The second-order valence-corrected chi connectivity index (χ2v) is 9.99. The number of unbranched alkanes of at least 4 members (excludes halogenated alkanes) is 1. The number of aliphatic hydroxyl groups excluding tert-OH is 1. The van der Waals surface area contributed by atoms with Crippen LogP contribution < -0.4 is 4.74 Å². The third-order valence-corrected chi connectivity index (χ3v) is 7.62. The van der Waals surface area contributed by atoms with Crippen molar-refractivity contribution in [3.63, 3.8) is 0 Å².